The van der Waals surface area contributed by atoms with Gasteiger partial charge >= 0.3 is 0 Å². The van der Waals surface area contributed by atoms with Crippen LogP contribution >= 0.6 is 11.6 Å². The number of halogens is 1. The van der Waals surface area contributed by atoms with E-state index >= 15 is 0 Å². The van der Waals surface area contributed by atoms with Gasteiger partial charge in [-0.05, 0) is 28.3 Å². The second-order valence-corrected chi connectivity index (χ2v) is 7.47. The number of H-pyrrole nitrogens is 1. The molecule has 2 N–H and O–H groups in total. The molecule has 9 heteroatoms. The highest BCUT2D eigenvalue weighted by molar-refractivity contribution is 6.31. The Balaban J connectivity index is 1.64. The largest absolute Gasteiger partial charge is 0.411 e. The molecule has 0 amide bonds. The van der Waals surface area contributed by atoms with Crippen molar-refractivity contribution in [3.63, 3.8) is 0 Å². The van der Waals surface area contributed by atoms with Crippen molar-refractivity contribution in [2.24, 2.45) is 5.16 Å². The average molecular weight is 436 g/mol. The first kappa shape index (κ1) is 20.7. The van der Waals surface area contributed by atoms with Gasteiger partial charge in [0, 0.05) is 18.5 Å². The van der Waals surface area contributed by atoms with Crippen LogP contribution in [0.25, 0.3) is 22.5 Å². The van der Waals surface area contributed by atoms with Crippen molar-refractivity contribution in [3.05, 3.63) is 70.8 Å². The van der Waals surface area contributed by atoms with E-state index in [-0.39, 0.29) is 0 Å². The number of aromatic amines is 1. The highest BCUT2D eigenvalue weighted by atomic mass is 35.5. The Morgan fingerprint density at radius 2 is 1.90 bits per heavy atom. The number of rotatable bonds is 8. The molecule has 0 atom stereocenters. The predicted octanol–water partition coefficient (Wildman–Crippen LogP) is 4.58. The molecule has 4 aromatic rings. The van der Waals surface area contributed by atoms with Gasteiger partial charge in [-0.3, -0.25) is 0 Å². The zero-order valence-electron chi connectivity index (χ0n) is 17.0. The molecule has 0 unspecified atom stereocenters. The molecule has 0 aliphatic rings. The first-order chi connectivity index (χ1) is 15.2. The van der Waals surface area contributed by atoms with E-state index in [4.69, 9.17) is 16.8 Å². The van der Waals surface area contributed by atoms with Gasteiger partial charge in [0.15, 0.2) is 5.15 Å². The van der Waals surface area contributed by atoms with Crippen molar-refractivity contribution < 1.29 is 5.21 Å². The highest BCUT2D eigenvalue weighted by Gasteiger charge is 2.15. The molecule has 2 heterocycles. The summed E-state index contributed by atoms with van der Waals surface area (Å²) < 4.78 is 2.00. The molecule has 158 valence electrons. The number of imidazole rings is 1. The fourth-order valence-electron chi connectivity index (χ4n) is 3.54. The number of nitrogens with zero attached hydrogens (tertiary/aromatic N) is 6. The number of unbranched alkanes of at least 4 members (excludes halogenated alkanes) is 1. The van der Waals surface area contributed by atoms with Crippen LogP contribution < -0.4 is 0 Å². The molecule has 2 aromatic heterocycles. The van der Waals surface area contributed by atoms with Gasteiger partial charge < -0.3 is 9.77 Å². The number of oxime groups is 1. The second-order valence-electron chi connectivity index (χ2n) is 7.12. The Morgan fingerprint density at radius 1 is 1.13 bits per heavy atom. The zero-order chi connectivity index (χ0) is 21.6. The molecule has 0 aliphatic carbocycles. The normalized spacial score (nSPS) is 11.4. The Kier molecular flexibility index (Phi) is 6.37. The van der Waals surface area contributed by atoms with Crippen molar-refractivity contribution in [1.29, 1.82) is 0 Å². The van der Waals surface area contributed by atoms with Crippen LogP contribution in [0.15, 0.2) is 53.7 Å². The number of aromatic nitrogens is 6. The SMILES string of the molecule is CCCCc1nc(Cl)c(/C=N\O)n1Cc1ccc(-c2ccccc2-c2nn[nH]n2)cc1. The van der Waals surface area contributed by atoms with E-state index in [1.807, 2.05) is 28.8 Å². The fraction of sp³-hybridized carbons (Fsp3) is 0.227. The fourth-order valence-corrected chi connectivity index (χ4v) is 3.79. The van der Waals surface area contributed by atoms with E-state index in [1.54, 1.807) is 0 Å². The maximum atomic E-state index is 9.04. The van der Waals surface area contributed by atoms with Crippen LogP contribution in [0.3, 0.4) is 0 Å². The molecule has 0 radical (unpaired) electrons. The van der Waals surface area contributed by atoms with Crippen LogP contribution in [-0.4, -0.2) is 41.6 Å². The predicted molar refractivity (Wildman–Crippen MR) is 119 cm³/mol. The minimum absolute atomic E-state index is 0.342. The van der Waals surface area contributed by atoms with Crippen LogP contribution in [0, 0.1) is 0 Å². The van der Waals surface area contributed by atoms with Crippen LogP contribution in [0.5, 0.6) is 0 Å². The average Bonchev–Trinajstić information content (AvgIpc) is 3.43. The third-order valence-electron chi connectivity index (χ3n) is 5.09. The molecule has 4 rings (SSSR count). The van der Waals surface area contributed by atoms with Gasteiger partial charge in [0.1, 0.15) is 11.5 Å². The summed E-state index contributed by atoms with van der Waals surface area (Å²) >= 11 is 6.29. The number of nitrogens with one attached hydrogen (secondary N) is 1. The van der Waals surface area contributed by atoms with Gasteiger partial charge in [-0.25, -0.2) is 4.98 Å². The zero-order valence-corrected chi connectivity index (χ0v) is 17.8. The quantitative estimate of drug-likeness (QED) is 0.239. The van der Waals surface area contributed by atoms with Gasteiger partial charge in [-0.2, -0.15) is 5.21 Å². The van der Waals surface area contributed by atoms with Crippen LogP contribution in [0.4, 0.5) is 0 Å². The first-order valence-corrected chi connectivity index (χ1v) is 10.4. The lowest BCUT2D eigenvalue weighted by Gasteiger charge is -2.12. The second kappa shape index (κ2) is 9.53. The Morgan fingerprint density at radius 3 is 2.58 bits per heavy atom. The summed E-state index contributed by atoms with van der Waals surface area (Å²) in [5.74, 6) is 1.44. The van der Waals surface area contributed by atoms with Gasteiger partial charge in [0.25, 0.3) is 0 Å². The molecule has 0 saturated carbocycles. The number of hydrogen-bond donors (Lipinski definition) is 2. The summed E-state index contributed by atoms with van der Waals surface area (Å²) in [6, 6.07) is 16.2. The van der Waals surface area contributed by atoms with Crippen molar-refractivity contribution in [3.8, 4) is 22.5 Å². The lowest BCUT2D eigenvalue weighted by molar-refractivity contribution is 0.321. The van der Waals surface area contributed by atoms with E-state index in [1.165, 1.54) is 6.21 Å². The highest BCUT2D eigenvalue weighted by Crippen LogP contribution is 2.30. The molecule has 0 fully saturated rings. The standard InChI is InChI=1S/C22H22ClN7O/c1-2-3-8-20-25-21(23)19(13-24-31)30(20)14-15-9-11-16(12-10-15)17-6-4-5-7-18(17)22-26-28-29-27-22/h4-7,9-13,31H,2-3,8,14H2,1H3,(H,26,27,28,29)/b24-13-. The van der Waals surface area contributed by atoms with Crippen LogP contribution in [0.2, 0.25) is 5.15 Å². The lowest BCUT2D eigenvalue weighted by Crippen LogP contribution is -2.09. The summed E-state index contributed by atoms with van der Waals surface area (Å²) in [5.41, 5.74) is 4.67. The van der Waals surface area contributed by atoms with E-state index in [0.29, 0.717) is 23.2 Å². The topological polar surface area (TPSA) is 105 Å². The minimum atomic E-state index is 0.342. The van der Waals surface area contributed by atoms with Gasteiger partial charge in [-0.1, -0.05) is 78.6 Å². The summed E-state index contributed by atoms with van der Waals surface area (Å²) in [6.07, 6.45) is 4.21. The number of hydrogen-bond acceptors (Lipinski definition) is 6. The molecule has 0 saturated heterocycles. The maximum Gasteiger partial charge on any atom is 0.205 e. The van der Waals surface area contributed by atoms with Crippen molar-refractivity contribution in [2.75, 3.05) is 0 Å². The third-order valence-corrected chi connectivity index (χ3v) is 5.37. The van der Waals surface area contributed by atoms with E-state index in [9.17, 15) is 0 Å². The number of aryl methyl sites for hydroxylation is 1. The number of benzene rings is 2. The molecular formula is C22H22ClN7O. The Bertz CT molecular complexity index is 1170. The van der Waals surface area contributed by atoms with E-state index in [2.05, 4.69) is 62.0 Å². The molecule has 0 bridgehead atoms. The monoisotopic (exact) mass is 435 g/mol. The summed E-state index contributed by atoms with van der Waals surface area (Å²) in [7, 11) is 0. The molecule has 0 spiro atoms. The molecule has 31 heavy (non-hydrogen) atoms. The third kappa shape index (κ3) is 4.49. The minimum Gasteiger partial charge on any atom is -0.411 e. The van der Waals surface area contributed by atoms with E-state index in [0.717, 1.165) is 47.3 Å². The Hall–Kier alpha value is -3.52. The van der Waals surface area contributed by atoms with Crippen molar-refractivity contribution in [2.45, 2.75) is 32.7 Å². The van der Waals surface area contributed by atoms with Gasteiger partial charge in [0.2, 0.25) is 5.82 Å². The smallest absolute Gasteiger partial charge is 0.205 e. The number of tetrazole rings is 1. The Labute approximate surface area is 184 Å². The summed E-state index contributed by atoms with van der Waals surface area (Å²) in [4.78, 5) is 4.47. The summed E-state index contributed by atoms with van der Waals surface area (Å²) in [5, 5.41) is 26.9. The van der Waals surface area contributed by atoms with Crippen molar-refractivity contribution >= 4 is 17.8 Å². The lowest BCUT2D eigenvalue weighted by atomic mass is 9.98. The molecule has 8 nitrogen and oxygen atoms in total. The molecular weight excluding hydrogens is 414 g/mol. The molecule has 0 aliphatic heterocycles. The molecule has 2 aromatic carbocycles. The first-order valence-electron chi connectivity index (χ1n) is 10.1. The summed E-state index contributed by atoms with van der Waals surface area (Å²) in [6.45, 7) is 2.71. The van der Waals surface area contributed by atoms with Crippen LogP contribution in [-0.2, 0) is 13.0 Å². The van der Waals surface area contributed by atoms with Crippen LogP contribution in [0.1, 0.15) is 36.8 Å². The van der Waals surface area contributed by atoms with Gasteiger partial charge in [-0.15, -0.1) is 10.2 Å². The van der Waals surface area contributed by atoms with E-state index < -0.39 is 0 Å². The van der Waals surface area contributed by atoms with Crippen molar-refractivity contribution in [1.82, 2.24) is 30.2 Å². The maximum absolute atomic E-state index is 9.04. The van der Waals surface area contributed by atoms with Gasteiger partial charge in [0.05, 0.1) is 6.21 Å².